The molecule has 1 aliphatic heterocycles. The van der Waals surface area contributed by atoms with Crippen LogP contribution in [0.15, 0.2) is 18.6 Å². The molecule has 0 spiro atoms. The van der Waals surface area contributed by atoms with E-state index >= 15 is 0 Å². The monoisotopic (exact) mass is 317 g/mol. The van der Waals surface area contributed by atoms with Crippen LogP contribution in [0.1, 0.15) is 20.3 Å². The van der Waals surface area contributed by atoms with Gasteiger partial charge in [-0.15, -0.1) is 5.10 Å². The van der Waals surface area contributed by atoms with Gasteiger partial charge in [0.15, 0.2) is 5.82 Å². The van der Waals surface area contributed by atoms with Crippen molar-refractivity contribution in [2.75, 3.05) is 33.2 Å². The van der Waals surface area contributed by atoms with Crippen LogP contribution in [-0.4, -0.2) is 73.6 Å². The molecule has 1 fully saturated rings. The van der Waals surface area contributed by atoms with Crippen LogP contribution in [0, 0.1) is 0 Å². The van der Waals surface area contributed by atoms with Crippen LogP contribution < -0.4 is 0 Å². The second-order valence-electron chi connectivity index (χ2n) is 6.46. The Balaban J connectivity index is 1.64. The number of nitrogens with zero attached hydrogens (tertiary/aromatic N) is 7. The fraction of sp³-hybridized carbons (Fsp3) is 0.688. The lowest BCUT2D eigenvalue weighted by Gasteiger charge is -2.36. The molecule has 7 heteroatoms. The van der Waals surface area contributed by atoms with Gasteiger partial charge in [0.1, 0.15) is 5.69 Å². The number of likely N-dealkylation sites (N-methyl/N-ethyl adjacent to an activating group) is 1. The van der Waals surface area contributed by atoms with Crippen molar-refractivity contribution in [1.82, 2.24) is 34.3 Å². The molecule has 0 saturated carbocycles. The second kappa shape index (κ2) is 7.23. The average Bonchev–Trinajstić information content (AvgIpc) is 3.17. The molecule has 2 aromatic heterocycles. The summed E-state index contributed by atoms with van der Waals surface area (Å²) in [5, 5.41) is 8.61. The van der Waals surface area contributed by atoms with E-state index in [1.54, 1.807) is 0 Å². The minimum absolute atomic E-state index is 0.466. The van der Waals surface area contributed by atoms with Gasteiger partial charge in [-0.1, -0.05) is 12.1 Å². The summed E-state index contributed by atoms with van der Waals surface area (Å²) in [4.78, 5) is 9.33. The van der Waals surface area contributed by atoms with Gasteiger partial charge in [-0.05, 0) is 20.4 Å². The topological polar surface area (TPSA) is 55.0 Å². The Hall–Kier alpha value is -1.73. The summed E-state index contributed by atoms with van der Waals surface area (Å²) in [6.07, 6.45) is 6.93. The van der Waals surface area contributed by atoms with E-state index in [0.29, 0.717) is 6.04 Å². The molecule has 0 aromatic carbocycles. The van der Waals surface area contributed by atoms with E-state index in [-0.39, 0.29) is 0 Å². The van der Waals surface area contributed by atoms with Crippen LogP contribution in [0.2, 0.25) is 0 Å². The smallest absolute Gasteiger partial charge is 0.162 e. The highest BCUT2D eigenvalue weighted by Crippen LogP contribution is 2.15. The molecule has 126 valence electrons. The van der Waals surface area contributed by atoms with Crippen LogP contribution in [-0.2, 0) is 13.1 Å². The van der Waals surface area contributed by atoms with Gasteiger partial charge in [0, 0.05) is 51.2 Å². The largest absolute Gasteiger partial charge is 0.330 e. The Morgan fingerprint density at radius 2 is 2.00 bits per heavy atom. The van der Waals surface area contributed by atoms with Crippen molar-refractivity contribution in [2.45, 2.75) is 39.4 Å². The molecule has 7 nitrogen and oxygen atoms in total. The molecule has 3 rings (SSSR count). The van der Waals surface area contributed by atoms with Gasteiger partial charge >= 0.3 is 0 Å². The number of imidazole rings is 1. The number of piperazine rings is 1. The van der Waals surface area contributed by atoms with Gasteiger partial charge in [0.05, 0.1) is 12.7 Å². The highest BCUT2D eigenvalue weighted by molar-refractivity contribution is 5.47. The SMILES string of the molecule is CCCn1ccnc1-c1cn(C[C@H](C)N2CCN(C)CC2)nn1. The normalized spacial score (nSPS) is 18.4. The van der Waals surface area contributed by atoms with Crippen LogP contribution in [0.25, 0.3) is 11.5 Å². The summed E-state index contributed by atoms with van der Waals surface area (Å²) in [5.74, 6) is 0.908. The van der Waals surface area contributed by atoms with E-state index in [9.17, 15) is 0 Å². The molecule has 0 aliphatic carbocycles. The quantitative estimate of drug-likeness (QED) is 0.801. The fourth-order valence-electron chi connectivity index (χ4n) is 3.10. The molecule has 1 saturated heterocycles. The van der Waals surface area contributed by atoms with E-state index in [4.69, 9.17) is 0 Å². The van der Waals surface area contributed by atoms with Crippen LogP contribution in [0.4, 0.5) is 0 Å². The van der Waals surface area contributed by atoms with E-state index in [1.165, 1.54) is 0 Å². The Bertz CT molecular complexity index is 609. The molecule has 1 aliphatic rings. The van der Waals surface area contributed by atoms with Crippen molar-refractivity contribution in [3.8, 4) is 11.5 Å². The Morgan fingerprint density at radius 3 is 2.74 bits per heavy atom. The van der Waals surface area contributed by atoms with E-state index < -0.39 is 0 Å². The number of aromatic nitrogens is 5. The molecular formula is C16H27N7. The highest BCUT2D eigenvalue weighted by Gasteiger charge is 2.20. The number of aryl methyl sites for hydroxylation is 1. The summed E-state index contributed by atoms with van der Waals surface area (Å²) in [6, 6.07) is 0.466. The molecule has 0 unspecified atom stereocenters. The van der Waals surface area contributed by atoms with Crippen LogP contribution in [0.5, 0.6) is 0 Å². The molecule has 0 N–H and O–H groups in total. The predicted molar refractivity (Wildman–Crippen MR) is 90.1 cm³/mol. The summed E-state index contributed by atoms with van der Waals surface area (Å²) >= 11 is 0. The number of hydrogen-bond acceptors (Lipinski definition) is 5. The standard InChI is InChI=1S/C16H27N7/c1-4-6-22-7-5-17-16(22)15-13-23(19-18-15)12-14(2)21-10-8-20(3)9-11-21/h5,7,13-14H,4,6,8-12H2,1-3H3/t14-/m0/s1. The molecule has 0 amide bonds. The highest BCUT2D eigenvalue weighted by atomic mass is 15.4. The zero-order chi connectivity index (χ0) is 16.2. The van der Waals surface area contributed by atoms with Gasteiger partial charge < -0.3 is 9.47 Å². The van der Waals surface area contributed by atoms with Crippen molar-refractivity contribution < 1.29 is 0 Å². The Kier molecular flexibility index (Phi) is 5.07. The summed E-state index contributed by atoms with van der Waals surface area (Å²) in [5.41, 5.74) is 0.856. The predicted octanol–water partition coefficient (Wildman–Crippen LogP) is 1.19. The first-order valence-corrected chi connectivity index (χ1v) is 8.51. The van der Waals surface area contributed by atoms with E-state index in [1.807, 2.05) is 23.3 Å². The van der Waals surface area contributed by atoms with Crippen molar-refractivity contribution >= 4 is 0 Å². The van der Waals surface area contributed by atoms with E-state index in [2.05, 4.69) is 50.6 Å². The van der Waals surface area contributed by atoms with Gasteiger partial charge in [0.25, 0.3) is 0 Å². The first-order chi connectivity index (χ1) is 11.2. The number of hydrogen-bond donors (Lipinski definition) is 0. The number of rotatable bonds is 6. The molecule has 1 atom stereocenters. The molecule has 0 bridgehead atoms. The molecule has 0 radical (unpaired) electrons. The summed E-state index contributed by atoms with van der Waals surface area (Å²) < 4.78 is 4.08. The van der Waals surface area contributed by atoms with Crippen LogP contribution in [0.3, 0.4) is 0 Å². The van der Waals surface area contributed by atoms with Gasteiger partial charge in [-0.3, -0.25) is 9.58 Å². The Morgan fingerprint density at radius 1 is 1.22 bits per heavy atom. The van der Waals surface area contributed by atoms with Gasteiger partial charge in [-0.25, -0.2) is 4.98 Å². The van der Waals surface area contributed by atoms with Crippen molar-refractivity contribution in [3.63, 3.8) is 0 Å². The zero-order valence-corrected chi connectivity index (χ0v) is 14.4. The minimum Gasteiger partial charge on any atom is -0.330 e. The average molecular weight is 317 g/mol. The summed E-state index contributed by atoms with van der Waals surface area (Å²) in [6.45, 7) is 10.8. The lowest BCUT2D eigenvalue weighted by atomic mass is 10.2. The summed E-state index contributed by atoms with van der Waals surface area (Å²) in [7, 11) is 2.18. The zero-order valence-electron chi connectivity index (χ0n) is 14.4. The molecule has 2 aromatic rings. The van der Waals surface area contributed by atoms with Gasteiger partial charge in [0.2, 0.25) is 0 Å². The first-order valence-electron chi connectivity index (χ1n) is 8.51. The van der Waals surface area contributed by atoms with Crippen molar-refractivity contribution in [2.24, 2.45) is 0 Å². The fourth-order valence-corrected chi connectivity index (χ4v) is 3.10. The maximum atomic E-state index is 4.43. The van der Waals surface area contributed by atoms with Crippen molar-refractivity contribution in [3.05, 3.63) is 18.6 Å². The molecule has 3 heterocycles. The van der Waals surface area contributed by atoms with Gasteiger partial charge in [-0.2, -0.15) is 0 Å². The minimum atomic E-state index is 0.466. The second-order valence-corrected chi connectivity index (χ2v) is 6.46. The lowest BCUT2D eigenvalue weighted by molar-refractivity contribution is 0.108. The third-order valence-corrected chi connectivity index (χ3v) is 4.56. The van der Waals surface area contributed by atoms with E-state index in [0.717, 1.165) is 57.2 Å². The maximum absolute atomic E-state index is 4.43. The maximum Gasteiger partial charge on any atom is 0.162 e. The first kappa shape index (κ1) is 16.1. The molecule has 23 heavy (non-hydrogen) atoms. The lowest BCUT2D eigenvalue weighted by Crippen LogP contribution is -2.49. The Labute approximate surface area is 137 Å². The molecular weight excluding hydrogens is 290 g/mol. The van der Waals surface area contributed by atoms with Crippen LogP contribution >= 0.6 is 0 Å². The third kappa shape index (κ3) is 3.79. The van der Waals surface area contributed by atoms with Crippen molar-refractivity contribution in [1.29, 1.82) is 0 Å². The third-order valence-electron chi connectivity index (χ3n) is 4.56.